The van der Waals surface area contributed by atoms with Gasteiger partial charge in [-0.25, -0.2) is 0 Å². The Balaban J connectivity index is 0.000000121. The van der Waals surface area contributed by atoms with Crippen LogP contribution in [-0.2, 0) is 0 Å². The molecule has 114 valence electrons. The van der Waals surface area contributed by atoms with E-state index in [9.17, 15) is 0 Å². The zero-order valence-corrected chi connectivity index (χ0v) is 13.4. The first kappa shape index (κ1) is 14.7. The molecule has 3 saturated carbocycles. The van der Waals surface area contributed by atoms with Crippen molar-refractivity contribution in [3.05, 3.63) is 11.6 Å². The summed E-state index contributed by atoms with van der Waals surface area (Å²) in [5, 5.41) is 0. The summed E-state index contributed by atoms with van der Waals surface area (Å²) < 4.78 is 0. The average molecular weight is 274 g/mol. The fourth-order valence-electron chi connectivity index (χ4n) is 5.22. The second-order valence-electron chi connectivity index (χ2n) is 7.74. The summed E-state index contributed by atoms with van der Waals surface area (Å²) in [5.74, 6) is 3.33. The van der Waals surface area contributed by atoms with E-state index in [-0.39, 0.29) is 0 Å². The van der Waals surface area contributed by atoms with Crippen LogP contribution in [0.25, 0.3) is 0 Å². The molecule has 4 rings (SSSR count). The zero-order chi connectivity index (χ0) is 13.6. The number of hydrogen-bond donors (Lipinski definition) is 0. The average Bonchev–Trinajstić information content (AvgIpc) is 2.56. The summed E-state index contributed by atoms with van der Waals surface area (Å²) in [6.45, 7) is 0. The van der Waals surface area contributed by atoms with Crippen molar-refractivity contribution in [1.82, 2.24) is 0 Å². The van der Waals surface area contributed by atoms with Crippen LogP contribution in [0.2, 0.25) is 0 Å². The molecule has 0 aromatic carbocycles. The molecular weight excluding hydrogens is 240 g/mol. The molecule has 20 heavy (non-hydrogen) atoms. The molecule has 1 unspecified atom stereocenters. The molecule has 0 heterocycles. The minimum atomic E-state index is 1.02. The molecule has 0 nitrogen and oxygen atoms in total. The van der Waals surface area contributed by atoms with E-state index in [1.165, 1.54) is 70.6 Å². The van der Waals surface area contributed by atoms with Crippen LogP contribution in [0.5, 0.6) is 0 Å². The molecule has 3 fully saturated rings. The van der Waals surface area contributed by atoms with Crippen molar-refractivity contribution >= 4 is 0 Å². The number of allylic oxidation sites excluding steroid dienone is 2. The molecule has 0 spiro atoms. The fourth-order valence-corrected chi connectivity index (χ4v) is 5.22. The van der Waals surface area contributed by atoms with E-state index in [4.69, 9.17) is 0 Å². The highest BCUT2D eigenvalue weighted by molar-refractivity contribution is 5.11. The quantitative estimate of drug-likeness (QED) is 0.434. The predicted octanol–water partition coefficient (Wildman–Crippen LogP) is 6.65. The molecule has 0 aromatic rings. The maximum Gasteiger partial charge on any atom is -0.0203 e. The fraction of sp³-hybridized carbons (Fsp3) is 0.900. The molecule has 4 aliphatic carbocycles. The minimum Gasteiger partial charge on any atom is -0.0851 e. The first-order chi connectivity index (χ1) is 9.93. The molecule has 0 N–H and O–H groups in total. The third-order valence-electron chi connectivity index (χ3n) is 6.42. The second-order valence-corrected chi connectivity index (χ2v) is 7.74. The van der Waals surface area contributed by atoms with Gasteiger partial charge in [0.2, 0.25) is 0 Å². The molecule has 0 amide bonds. The molecule has 0 aliphatic heterocycles. The third kappa shape index (κ3) is 3.89. The highest BCUT2D eigenvalue weighted by Gasteiger charge is 2.26. The highest BCUT2D eigenvalue weighted by Crippen LogP contribution is 2.40. The van der Waals surface area contributed by atoms with Crippen LogP contribution in [-0.4, -0.2) is 0 Å². The van der Waals surface area contributed by atoms with Gasteiger partial charge in [0, 0.05) is 0 Å². The highest BCUT2D eigenvalue weighted by atomic mass is 14.3. The van der Waals surface area contributed by atoms with Gasteiger partial charge in [0.15, 0.2) is 0 Å². The van der Waals surface area contributed by atoms with Crippen LogP contribution >= 0.6 is 0 Å². The Morgan fingerprint density at radius 3 is 1.75 bits per heavy atom. The SMILES string of the molecule is C1=C2CCCCC2CCC1.C1CCC2CCCCC2C1. The molecule has 0 saturated heterocycles. The van der Waals surface area contributed by atoms with Crippen LogP contribution < -0.4 is 0 Å². The molecule has 0 aromatic heterocycles. The number of hydrogen-bond acceptors (Lipinski definition) is 0. The van der Waals surface area contributed by atoms with E-state index < -0.39 is 0 Å². The second kappa shape index (κ2) is 7.66. The predicted molar refractivity (Wildman–Crippen MR) is 87.8 cm³/mol. The first-order valence-corrected chi connectivity index (χ1v) is 9.62. The number of fused-ring (bicyclic) bond motifs is 2. The van der Waals surface area contributed by atoms with Gasteiger partial charge in [-0.3, -0.25) is 0 Å². The van der Waals surface area contributed by atoms with Gasteiger partial charge in [0.05, 0.1) is 0 Å². The van der Waals surface area contributed by atoms with E-state index in [1.54, 1.807) is 31.3 Å². The van der Waals surface area contributed by atoms with E-state index in [0.29, 0.717) is 0 Å². The zero-order valence-electron chi connectivity index (χ0n) is 13.4. The van der Waals surface area contributed by atoms with Crippen molar-refractivity contribution < 1.29 is 0 Å². The van der Waals surface area contributed by atoms with Gasteiger partial charge < -0.3 is 0 Å². The van der Waals surface area contributed by atoms with Gasteiger partial charge >= 0.3 is 0 Å². The Labute approximate surface area is 126 Å². The lowest BCUT2D eigenvalue weighted by Gasteiger charge is -2.35. The third-order valence-corrected chi connectivity index (χ3v) is 6.42. The molecule has 4 aliphatic rings. The summed E-state index contributed by atoms with van der Waals surface area (Å²) in [7, 11) is 0. The van der Waals surface area contributed by atoms with Crippen molar-refractivity contribution in [1.29, 1.82) is 0 Å². The molecule has 0 heteroatoms. The Hall–Kier alpha value is -0.260. The van der Waals surface area contributed by atoms with Gasteiger partial charge in [-0.05, 0) is 56.3 Å². The van der Waals surface area contributed by atoms with Crippen LogP contribution in [0.1, 0.15) is 96.3 Å². The largest absolute Gasteiger partial charge is 0.0851 e. The maximum absolute atomic E-state index is 2.51. The van der Waals surface area contributed by atoms with Crippen molar-refractivity contribution in [3.8, 4) is 0 Å². The van der Waals surface area contributed by atoms with Gasteiger partial charge in [-0.15, -0.1) is 0 Å². The van der Waals surface area contributed by atoms with Gasteiger partial charge in [0.1, 0.15) is 0 Å². The lowest BCUT2D eigenvalue weighted by atomic mass is 9.71. The molecule has 1 atom stereocenters. The molecular formula is C20H34. The smallest absolute Gasteiger partial charge is 0.0203 e. The maximum atomic E-state index is 2.51. The van der Waals surface area contributed by atoms with Crippen molar-refractivity contribution in [3.63, 3.8) is 0 Å². The van der Waals surface area contributed by atoms with Crippen LogP contribution in [0.15, 0.2) is 11.6 Å². The summed E-state index contributed by atoms with van der Waals surface area (Å²) in [5.41, 5.74) is 1.80. The lowest BCUT2D eigenvalue weighted by molar-refractivity contribution is 0.171. The van der Waals surface area contributed by atoms with Gasteiger partial charge in [0.25, 0.3) is 0 Å². The monoisotopic (exact) mass is 274 g/mol. The molecule has 0 bridgehead atoms. The molecule has 0 radical (unpaired) electrons. The Morgan fingerprint density at radius 2 is 1.15 bits per heavy atom. The van der Waals surface area contributed by atoms with Gasteiger partial charge in [-0.2, -0.15) is 0 Å². The number of rotatable bonds is 0. The lowest BCUT2D eigenvalue weighted by Crippen LogP contribution is -2.22. The van der Waals surface area contributed by atoms with Crippen LogP contribution in [0.4, 0.5) is 0 Å². The minimum absolute atomic E-state index is 1.02. The Morgan fingerprint density at radius 1 is 0.600 bits per heavy atom. The summed E-state index contributed by atoms with van der Waals surface area (Å²) in [6.07, 6.45) is 25.0. The van der Waals surface area contributed by atoms with E-state index in [2.05, 4.69) is 6.08 Å². The first-order valence-electron chi connectivity index (χ1n) is 9.62. The Bertz CT molecular complexity index is 288. The summed E-state index contributed by atoms with van der Waals surface area (Å²) in [6, 6.07) is 0. The summed E-state index contributed by atoms with van der Waals surface area (Å²) >= 11 is 0. The Kier molecular flexibility index (Phi) is 5.62. The van der Waals surface area contributed by atoms with Crippen LogP contribution in [0, 0.1) is 17.8 Å². The van der Waals surface area contributed by atoms with Crippen molar-refractivity contribution in [2.45, 2.75) is 96.3 Å². The van der Waals surface area contributed by atoms with Crippen molar-refractivity contribution in [2.24, 2.45) is 17.8 Å². The standard InChI is InChI=1S/C10H18.C10H16/c2*1-2-6-10-8-4-3-7-9(10)5-1/h9-10H,1-8H2;5,10H,1-4,6-8H2. The summed E-state index contributed by atoms with van der Waals surface area (Å²) in [4.78, 5) is 0. The van der Waals surface area contributed by atoms with E-state index in [1.807, 2.05) is 0 Å². The van der Waals surface area contributed by atoms with Gasteiger partial charge in [-0.1, -0.05) is 69.4 Å². The van der Waals surface area contributed by atoms with E-state index >= 15 is 0 Å². The van der Waals surface area contributed by atoms with E-state index in [0.717, 1.165) is 17.8 Å². The van der Waals surface area contributed by atoms with Crippen LogP contribution in [0.3, 0.4) is 0 Å². The van der Waals surface area contributed by atoms with Crippen molar-refractivity contribution in [2.75, 3.05) is 0 Å². The topological polar surface area (TPSA) is 0 Å². The normalized spacial score (nSPS) is 36.8.